The van der Waals surface area contributed by atoms with E-state index in [0.717, 1.165) is 42.6 Å². The number of hydrogen-bond donors (Lipinski definition) is 2. The molecule has 0 saturated carbocycles. The number of hydrogen-bond acceptors (Lipinski definition) is 6. The van der Waals surface area contributed by atoms with Gasteiger partial charge in [0.05, 0.1) is 22.8 Å². The number of sulfonamides is 1. The van der Waals surface area contributed by atoms with E-state index in [1.165, 1.54) is 25.0 Å². The van der Waals surface area contributed by atoms with Crippen molar-refractivity contribution in [2.45, 2.75) is 90.4 Å². The lowest BCUT2D eigenvalue weighted by Crippen LogP contribution is -2.26. The Hall–Kier alpha value is -3.50. The summed E-state index contributed by atoms with van der Waals surface area (Å²) in [5, 5.41) is 4.82. The molecule has 4 rings (SSSR count). The second kappa shape index (κ2) is 14.1. The number of fused-ring (bicyclic) bond motifs is 1. The number of aromatic nitrogens is 4. The zero-order chi connectivity index (χ0) is 30.3. The van der Waals surface area contributed by atoms with Gasteiger partial charge in [-0.15, -0.1) is 5.10 Å². The van der Waals surface area contributed by atoms with E-state index < -0.39 is 10.0 Å². The Morgan fingerprint density at radius 3 is 2.48 bits per heavy atom. The van der Waals surface area contributed by atoms with Gasteiger partial charge >= 0.3 is 0 Å². The molecule has 0 radical (unpaired) electrons. The molecule has 9 nitrogen and oxygen atoms in total. The van der Waals surface area contributed by atoms with Crippen LogP contribution in [-0.2, 0) is 16.4 Å². The average molecular weight is 594 g/mol. The van der Waals surface area contributed by atoms with Crippen molar-refractivity contribution in [3.05, 3.63) is 75.5 Å². The fourth-order valence-corrected chi connectivity index (χ4v) is 6.28. The van der Waals surface area contributed by atoms with Gasteiger partial charge in [0.25, 0.3) is 5.56 Å². The zero-order valence-electron chi connectivity index (χ0n) is 25.4. The van der Waals surface area contributed by atoms with E-state index in [9.17, 15) is 13.2 Å². The van der Waals surface area contributed by atoms with Crippen molar-refractivity contribution < 1.29 is 13.2 Å². The molecule has 0 aliphatic carbocycles. The summed E-state index contributed by atoms with van der Waals surface area (Å²) >= 11 is 0. The van der Waals surface area contributed by atoms with Crippen LogP contribution in [0.4, 0.5) is 0 Å². The van der Waals surface area contributed by atoms with Crippen molar-refractivity contribution in [1.29, 1.82) is 0 Å². The number of ether oxygens (including phenoxy) is 1. The quantitative estimate of drug-likeness (QED) is 0.161. The third-order valence-corrected chi connectivity index (χ3v) is 9.07. The average Bonchev–Trinajstić information content (AvgIpc) is 3.30. The molecule has 42 heavy (non-hydrogen) atoms. The maximum Gasteiger partial charge on any atom is 0.277 e. The number of rotatable bonds is 15. The van der Waals surface area contributed by atoms with Crippen LogP contribution in [0.1, 0.15) is 87.9 Å². The van der Waals surface area contributed by atoms with Crippen molar-refractivity contribution in [2.75, 3.05) is 13.2 Å². The highest BCUT2D eigenvalue weighted by Gasteiger charge is 2.23. The Balaban J connectivity index is 1.69. The molecule has 2 N–H and O–H groups in total. The molecule has 0 bridgehead atoms. The van der Waals surface area contributed by atoms with Crippen LogP contribution >= 0.6 is 0 Å². The molecule has 0 aliphatic heterocycles. The summed E-state index contributed by atoms with van der Waals surface area (Å²) in [6.45, 7) is 10.6. The lowest BCUT2D eigenvalue weighted by atomic mass is 9.97. The van der Waals surface area contributed by atoms with Gasteiger partial charge in [-0.1, -0.05) is 69.4 Å². The summed E-state index contributed by atoms with van der Waals surface area (Å²) in [5.41, 5.74) is 3.29. The predicted octanol–water partition coefficient (Wildman–Crippen LogP) is 6.09. The second-order valence-electron chi connectivity index (χ2n) is 10.8. The van der Waals surface area contributed by atoms with Gasteiger partial charge in [-0.2, -0.15) is 0 Å². The minimum absolute atomic E-state index is 0.0667. The third-order valence-electron chi connectivity index (χ3n) is 7.61. The number of nitrogens with one attached hydrogen (secondary N) is 2. The lowest BCUT2D eigenvalue weighted by Gasteiger charge is -2.15. The third kappa shape index (κ3) is 7.28. The summed E-state index contributed by atoms with van der Waals surface area (Å²) < 4.78 is 36.7. The van der Waals surface area contributed by atoms with Crippen molar-refractivity contribution >= 4 is 15.5 Å². The van der Waals surface area contributed by atoms with Gasteiger partial charge in [0, 0.05) is 12.5 Å². The summed E-state index contributed by atoms with van der Waals surface area (Å²) in [6, 6.07) is 12.6. The molecule has 10 heteroatoms. The maximum absolute atomic E-state index is 13.3. The zero-order valence-corrected chi connectivity index (χ0v) is 26.2. The standard InChI is InChI=1S/C32H43N5O4S/c1-6-9-10-11-12-25(7-2)31-34-23(5)29-32(38)35-30(36-37(29)31)27-21-26(17-18-28(27)41-8-3)42(39,40)33-20-19-24-15-13-22(4)14-16-24/h13-18,21,25,33H,6-12,19-20H2,1-5H3,(H,35,36,38). The highest BCUT2D eigenvalue weighted by molar-refractivity contribution is 7.89. The molecule has 1 unspecified atom stereocenters. The molecule has 4 aromatic rings. The van der Waals surface area contributed by atoms with Gasteiger partial charge in [-0.3, -0.25) is 4.79 Å². The number of benzene rings is 2. The van der Waals surface area contributed by atoms with Crippen molar-refractivity contribution in [3.63, 3.8) is 0 Å². The molecular formula is C32H43N5O4S. The molecule has 2 aromatic heterocycles. The molecule has 2 aromatic carbocycles. The van der Waals surface area contributed by atoms with Crippen LogP contribution in [0, 0.1) is 13.8 Å². The van der Waals surface area contributed by atoms with E-state index in [-0.39, 0.29) is 28.7 Å². The molecule has 0 aliphatic rings. The Morgan fingerprint density at radius 2 is 1.79 bits per heavy atom. The minimum Gasteiger partial charge on any atom is -0.493 e. The first-order valence-electron chi connectivity index (χ1n) is 15.0. The van der Waals surface area contributed by atoms with Crippen LogP contribution in [-0.4, -0.2) is 41.2 Å². The van der Waals surface area contributed by atoms with Crippen LogP contribution in [0.3, 0.4) is 0 Å². The van der Waals surface area contributed by atoms with E-state index in [4.69, 9.17) is 14.8 Å². The highest BCUT2D eigenvalue weighted by Crippen LogP contribution is 2.31. The number of H-pyrrole nitrogens is 1. The molecular weight excluding hydrogens is 550 g/mol. The van der Waals surface area contributed by atoms with E-state index in [1.54, 1.807) is 10.6 Å². The summed E-state index contributed by atoms with van der Waals surface area (Å²) in [6.07, 6.45) is 7.01. The molecule has 1 atom stereocenters. The first kappa shape index (κ1) is 31.4. The summed E-state index contributed by atoms with van der Waals surface area (Å²) in [7, 11) is -3.83. The number of imidazole rings is 1. The van der Waals surface area contributed by atoms with Gasteiger partial charge in [-0.25, -0.2) is 22.6 Å². The van der Waals surface area contributed by atoms with E-state index >= 15 is 0 Å². The molecule has 0 saturated heterocycles. The van der Waals surface area contributed by atoms with Crippen molar-refractivity contribution in [3.8, 4) is 17.1 Å². The molecule has 0 spiro atoms. The van der Waals surface area contributed by atoms with Crippen LogP contribution in [0.15, 0.2) is 52.2 Å². The van der Waals surface area contributed by atoms with Crippen LogP contribution in [0.2, 0.25) is 0 Å². The van der Waals surface area contributed by atoms with Crippen LogP contribution < -0.4 is 15.0 Å². The fourth-order valence-electron chi connectivity index (χ4n) is 5.22. The first-order chi connectivity index (χ1) is 20.2. The van der Waals surface area contributed by atoms with Crippen molar-refractivity contribution in [2.24, 2.45) is 0 Å². The Kier molecular flexibility index (Phi) is 10.6. The number of nitrogens with zero attached hydrogens (tertiary/aromatic N) is 3. The van der Waals surface area contributed by atoms with Crippen molar-refractivity contribution in [1.82, 2.24) is 24.3 Å². The van der Waals surface area contributed by atoms with E-state index in [1.807, 2.05) is 45.0 Å². The number of aryl methyl sites for hydroxylation is 2. The lowest BCUT2D eigenvalue weighted by molar-refractivity contribution is 0.341. The number of aromatic amines is 1. The molecule has 226 valence electrons. The van der Waals surface area contributed by atoms with Gasteiger partial charge in [0.2, 0.25) is 10.0 Å². The molecule has 2 heterocycles. The predicted molar refractivity (Wildman–Crippen MR) is 167 cm³/mol. The van der Waals surface area contributed by atoms with Crippen LogP contribution in [0.25, 0.3) is 16.9 Å². The first-order valence-corrected chi connectivity index (χ1v) is 16.5. The van der Waals surface area contributed by atoms with E-state index in [2.05, 4.69) is 23.6 Å². The Morgan fingerprint density at radius 1 is 1.02 bits per heavy atom. The minimum atomic E-state index is -3.83. The van der Waals surface area contributed by atoms with Crippen LogP contribution in [0.5, 0.6) is 5.75 Å². The topological polar surface area (TPSA) is 118 Å². The van der Waals surface area contributed by atoms with Gasteiger partial charge in [0.15, 0.2) is 11.3 Å². The monoisotopic (exact) mass is 593 g/mol. The van der Waals surface area contributed by atoms with Gasteiger partial charge < -0.3 is 9.72 Å². The highest BCUT2D eigenvalue weighted by atomic mass is 32.2. The summed E-state index contributed by atoms with van der Waals surface area (Å²) in [5.74, 6) is 1.57. The Labute approximate surface area is 248 Å². The smallest absolute Gasteiger partial charge is 0.277 e. The SMILES string of the molecule is CCCCCCC(CC)c1nc(C)c2c(=O)[nH]c(-c3cc(S(=O)(=O)NCCc4ccc(C)cc4)ccc3OCC)nn12. The Bertz CT molecular complexity index is 1660. The normalized spacial score (nSPS) is 12.6. The summed E-state index contributed by atoms with van der Waals surface area (Å²) in [4.78, 5) is 21.0. The van der Waals surface area contributed by atoms with Gasteiger partial charge in [0.1, 0.15) is 11.6 Å². The van der Waals surface area contributed by atoms with Gasteiger partial charge in [-0.05, 0) is 63.8 Å². The fraction of sp³-hybridized carbons (Fsp3) is 0.469. The largest absolute Gasteiger partial charge is 0.493 e. The molecule has 0 fully saturated rings. The van der Waals surface area contributed by atoms with E-state index in [0.29, 0.717) is 35.6 Å². The molecule has 0 amide bonds. The maximum atomic E-state index is 13.3. The second-order valence-corrected chi connectivity index (χ2v) is 12.6. The number of unbranched alkanes of at least 4 members (excludes halogenated alkanes) is 3.